The highest BCUT2D eigenvalue weighted by Crippen LogP contribution is 2.24. The van der Waals surface area contributed by atoms with Gasteiger partial charge in [-0.3, -0.25) is 0 Å². The van der Waals surface area contributed by atoms with Gasteiger partial charge in [-0.05, 0) is 27.7 Å². The van der Waals surface area contributed by atoms with Crippen molar-refractivity contribution in [3.05, 3.63) is 0 Å². The van der Waals surface area contributed by atoms with E-state index in [1.807, 2.05) is 0 Å². The molecule has 0 spiro atoms. The minimum Gasteiger partial charge on any atom is -0.464 e. The van der Waals surface area contributed by atoms with Crippen LogP contribution in [0.3, 0.4) is 0 Å². The van der Waals surface area contributed by atoms with E-state index in [1.165, 1.54) is 0 Å². The summed E-state index contributed by atoms with van der Waals surface area (Å²) in [5, 5.41) is 0. The maximum atomic E-state index is 14.0. The third-order valence-corrected chi connectivity index (χ3v) is 1.84. The maximum absolute atomic E-state index is 14.0. The van der Waals surface area contributed by atoms with Crippen LogP contribution in [-0.2, 0) is 23.7 Å². The first-order valence-corrected chi connectivity index (χ1v) is 5.80. The molecule has 1 atom stereocenters. The lowest BCUT2D eigenvalue weighted by molar-refractivity contribution is -0.396. The summed E-state index contributed by atoms with van der Waals surface area (Å²) in [5.74, 6) is -3.06. The highest BCUT2D eigenvalue weighted by molar-refractivity contribution is 5.75. The first-order chi connectivity index (χ1) is 8.07. The number of esters is 1. The van der Waals surface area contributed by atoms with Crippen LogP contribution >= 0.6 is 0 Å². The molecule has 0 aromatic carbocycles. The number of hydrogen-bond acceptors (Lipinski definition) is 5. The summed E-state index contributed by atoms with van der Waals surface area (Å²) < 4.78 is 34.0. The van der Waals surface area contributed by atoms with Gasteiger partial charge in [0.05, 0.1) is 6.61 Å². The third kappa shape index (κ3) is 4.57. The summed E-state index contributed by atoms with van der Waals surface area (Å²) in [4.78, 5) is 11.4. The Morgan fingerprint density at radius 3 is 1.71 bits per heavy atom. The fourth-order valence-corrected chi connectivity index (χ4v) is 1.31. The number of carbonyl (C=O) groups is 1. The lowest BCUT2D eigenvalue weighted by Gasteiger charge is -2.33. The van der Waals surface area contributed by atoms with E-state index >= 15 is 0 Å². The summed E-state index contributed by atoms with van der Waals surface area (Å²) in [5.41, 5.74) is 0. The first-order valence-electron chi connectivity index (χ1n) is 5.80. The largest absolute Gasteiger partial charge is 0.464 e. The molecule has 0 aromatic rings. The Kier molecular flexibility index (Phi) is 8.03. The monoisotopic (exact) mass is 252 g/mol. The average Bonchev–Trinajstić information content (AvgIpc) is 2.29. The van der Waals surface area contributed by atoms with Crippen LogP contribution in [0.25, 0.3) is 0 Å². The Balaban J connectivity index is 4.88. The van der Waals surface area contributed by atoms with E-state index in [1.54, 1.807) is 27.7 Å². The Labute approximate surface area is 101 Å². The van der Waals surface area contributed by atoms with Crippen molar-refractivity contribution in [1.82, 2.24) is 0 Å². The van der Waals surface area contributed by atoms with Crippen molar-refractivity contribution in [2.45, 2.75) is 39.8 Å². The Morgan fingerprint density at radius 1 is 1.00 bits per heavy atom. The van der Waals surface area contributed by atoms with Gasteiger partial charge in [-0.2, -0.15) is 0 Å². The molecule has 0 saturated carbocycles. The molecule has 0 N–H and O–H groups in total. The Morgan fingerprint density at radius 2 is 1.41 bits per heavy atom. The molecule has 0 aromatic heterocycles. The van der Waals surface area contributed by atoms with Crippen molar-refractivity contribution in [2.24, 2.45) is 0 Å². The van der Waals surface area contributed by atoms with Gasteiger partial charge in [0.25, 0.3) is 6.17 Å². The second kappa shape index (κ2) is 8.38. The summed E-state index contributed by atoms with van der Waals surface area (Å²) >= 11 is 0. The molecule has 17 heavy (non-hydrogen) atoms. The van der Waals surface area contributed by atoms with E-state index < -0.39 is 18.1 Å². The Bertz CT molecular complexity index is 205. The fraction of sp³-hybridized carbons (Fsp3) is 0.909. The van der Waals surface area contributed by atoms with E-state index in [4.69, 9.17) is 14.2 Å². The van der Waals surface area contributed by atoms with Crippen LogP contribution in [0.15, 0.2) is 0 Å². The van der Waals surface area contributed by atoms with Crippen LogP contribution in [0, 0.1) is 0 Å². The molecule has 102 valence electrons. The summed E-state index contributed by atoms with van der Waals surface area (Å²) in [6.45, 7) is 7.10. The van der Waals surface area contributed by atoms with Crippen LogP contribution < -0.4 is 0 Å². The highest BCUT2D eigenvalue weighted by atomic mass is 19.1. The molecule has 0 aliphatic rings. The summed E-state index contributed by atoms with van der Waals surface area (Å²) in [6, 6.07) is 0. The predicted molar refractivity (Wildman–Crippen MR) is 59.1 cm³/mol. The number of ether oxygens (including phenoxy) is 4. The van der Waals surface area contributed by atoms with Crippen LogP contribution in [0.5, 0.6) is 0 Å². The lowest BCUT2D eigenvalue weighted by atomic mass is 10.3. The standard InChI is InChI=1S/C11H21FO5/c1-5-14-10(13)9(12)11(15-6-2,16-7-3)17-8-4/h9H,5-8H2,1-4H3. The van der Waals surface area contributed by atoms with E-state index in [2.05, 4.69) is 4.74 Å². The lowest BCUT2D eigenvalue weighted by Crippen LogP contribution is -2.52. The second-order valence-electron chi connectivity index (χ2n) is 3.02. The molecule has 0 fully saturated rings. The van der Waals surface area contributed by atoms with Gasteiger partial charge in [-0.1, -0.05) is 0 Å². The molecule has 0 rings (SSSR count). The summed E-state index contributed by atoms with van der Waals surface area (Å²) in [6.07, 6.45) is -2.14. The van der Waals surface area contributed by atoms with Gasteiger partial charge >= 0.3 is 11.9 Å². The van der Waals surface area contributed by atoms with Crippen LogP contribution in [0.4, 0.5) is 4.39 Å². The molecule has 0 saturated heterocycles. The van der Waals surface area contributed by atoms with Gasteiger partial charge < -0.3 is 18.9 Å². The van der Waals surface area contributed by atoms with E-state index in [9.17, 15) is 9.18 Å². The number of rotatable bonds is 9. The zero-order valence-electron chi connectivity index (χ0n) is 10.8. The maximum Gasteiger partial charge on any atom is 0.349 e. The van der Waals surface area contributed by atoms with Crippen molar-refractivity contribution in [3.8, 4) is 0 Å². The minimum atomic E-state index is -2.14. The second-order valence-corrected chi connectivity index (χ2v) is 3.02. The molecule has 0 aliphatic carbocycles. The summed E-state index contributed by atoms with van der Waals surface area (Å²) in [7, 11) is 0. The molecule has 0 amide bonds. The quantitative estimate of drug-likeness (QED) is 0.461. The number of carbonyl (C=O) groups excluding carboxylic acids is 1. The molecule has 0 heterocycles. The van der Waals surface area contributed by atoms with Crippen LogP contribution in [0.1, 0.15) is 27.7 Å². The number of alkyl halides is 1. The van der Waals surface area contributed by atoms with Crippen LogP contribution in [0.2, 0.25) is 0 Å². The molecule has 1 unspecified atom stereocenters. The SMILES string of the molecule is CCOC(=O)C(F)C(OCC)(OCC)OCC. The minimum absolute atomic E-state index is 0.0830. The van der Waals surface area contributed by atoms with Gasteiger partial charge in [0.2, 0.25) is 0 Å². The van der Waals surface area contributed by atoms with E-state index in [0.29, 0.717) is 0 Å². The number of hydrogen-bond donors (Lipinski definition) is 0. The van der Waals surface area contributed by atoms with Crippen molar-refractivity contribution in [3.63, 3.8) is 0 Å². The molecule has 0 bridgehead atoms. The average molecular weight is 252 g/mol. The zero-order valence-corrected chi connectivity index (χ0v) is 10.8. The molecule has 0 radical (unpaired) electrons. The van der Waals surface area contributed by atoms with Crippen molar-refractivity contribution < 1.29 is 28.1 Å². The zero-order chi connectivity index (χ0) is 13.3. The first kappa shape index (κ1) is 16.3. The number of halogens is 1. The molecular weight excluding hydrogens is 231 g/mol. The normalized spacial score (nSPS) is 13.5. The topological polar surface area (TPSA) is 54.0 Å². The van der Waals surface area contributed by atoms with Crippen molar-refractivity contribution in [2.75, 3.05) is 26.4 Å². The van der Waals surface area contributed by atoms with E-state index in [-0.39, 0.29) is 26.4 Å². The molecule has 0 aliphatic heterocycles. The van der Waals surface area contributed by atoms with Gasteiger partial charge in [-0.25, -0.2) is 9.18 Å². The van der Waals surface area contributed by atoms with Gasteiger partial charge in [0.1, 0.15) is 0 Å². The van der Waals surface area contributed by atoms with Crippen molar-refractivity contribution in [1.29, 1.82) is 0 Å². The van der Waals surface area contributed by atoms with Crippen LogP contribution in [-0.4, -0.2) is 44.5 Å². The Hall–Kier alpha value is -0.720. The molecule has 5 nitrogen and oxygen atoms in total. The van der Waals surface area contributed by atoms with E-state index in [0.717, 1.165) is 0 Å². The molecule has 6 heteroatoms. The molecular formula is C11H21FO5. The van der Waals surface area contributed by atoms with Gasteiger partial charge in [0, 0.05) is 19.8 Å². The fourth-order valence-electron chi connectivity index (χ4n) is 1.31. The predicted octanol–water partition coefficient (Wildman–Crippen LogP) is 1.65. The van der Waals surface area contributed by atoms with Gasteiger partial charge in [0.15, 0.2) is 0 Å². The van der Waals surface area contributed by atoms with Gasteiger partial charge in [-0.15, -0.1) is 0 Å². The smallest absolute Gasteiger partial charge is 0.349 e. The highest BCUT2D eigenvalue weighted by Gasteiger charge is 2.48. The van der Waals surface area contributed by atoms with Crippen molar-refractivity contribution >= 4 is 5.97 Å². The third-order valence-electron chi connectivity index (χ3n) is 1.84.